The van der Waals surface area contributed by atoms with Gasteiger partial charge in [-0.25, -0.2) is 9.97 Å². The third-order valence-electron chi connectivity index (χ3n) is 3.62. The van der Waals surface area contributed by atoms with Crippen LogP contribution in [0.2, 0.25) is 0 Å². The number of benzene rings is 1. The lowest BCUT2D eigenvalue weighted by Gasteiger charge is -2.09. The Bertz CT molecular complexity index is 945. The first-order chi connectivity index (χ1) is 11.6. The van der Waals surface area contributed by atoms with Crippen LogP contribution in [0.1, 0.15) is 16.7 Å². The van der Waals surface area contributed by atoms with Crippen molar-refractivity contribution < 1.29 is 4.79 Å². The first-order valence-corrected chi connectivity index (χ1v) is 9.08. The van der Waals surface area contributed by atoms with Gasteiger partial charge in [-0.3, -0.25) is 4.79 Å². The molecule has 24 heavy (non-hydrogen) atoms. The van der Waals surface area contributed by atoms with Gasteiger partial charge in [-0.2, -0.15) is 5.26 Å². The van der Waals surface area contributed by atoms with Crippen LogP contribution >= 0.6 is 23.1 Å². The third kappa shape index (κ3) is 3.40. The van der Waals surface area contributed by atoms with E-state index in [-0.39, 0.29) is 11.7 Å². The summed E-state index contributed by atoms with van der Waals surface area (Å²) in [4.78, 5) is 20.6. The zero-order valence-electron chi connectivity index (χ0n) is 13.2. The summed E-state index contributed by atoms with van der Waals surface area (Å²) in [5, 5.41) is 16.0. The van der Waals surface area contributed by atoms with Gasteiger partial charge >= 0.3 is 0 Å². The maximum Gasteiger partial charge on any atom is 0.236 e. The first kappa shape index (κ1) is 16.4. The lowest BCUT2D eigenvalue weighted by molar-refractivity contribution is -0.113. The summed E-state index contributed by atoms with van der Waals surface area (Å²) in [7, 11) is 0. The molecule has 0 fully saturated rings. The van der Waals surface area contributed by atoms with Crippen LogP contribution in [0.25, 0.3) is 10.9 Å². The van der Waals surface area contributed by atoms with Crippen molar-refractivity contribution in [1.29, 1.82) is 5.26 Å². The second kappa shape index (κ2) is 6.99. The van der Waals surface area contributed by atoms with E-state index in [4.69, 9.17) is 0 Å². The molecule has 0 aliphatic rings. The monoisotopic (exact) mass is 354 g/mol. The van der Waals surface area contributed by atoms with Crippen LogP contribution in [0, 0.1) is 25.2 Å². The van der Waals surface area contributed by atoms with Crippen LogP contribution in [0.4, 0.5) is 5.13 Å². The van der Waals surface area contributed by atoms with Crippen molar-refractivity contribution in [2.24, 2.45) is 0 Å². The van der Waals surface area contributed by atoms with Gasteiger partial charge < -0.3 is 5.32 Å². The van der Waals surface area contributed by atoms with Crippen molar-refractivity contribution in [3.05, 3.63) is 46.5 Å². The molecule has 5 nitrogen and oxygen atoms in total. The maximum atomic E-state index is 12.0. The molecule has 7 heteroatoms. The Balaban J connectivity index is 1.84. The molecule has 2 heterocycles. The van der Waals surface area contributed by atoms with Gasteiger partial charge in [0.05, 0.1) is 16.8 Å². The van der Waals surface area contributed by atoms with Crippen molar-refractivity contribution in [2.75, 3.05) is 11.1 Å². The van der Waals surface area contributed by atoms with Gasteiger partial charge in [-0.15, -0.1) is 11.3 Å². The maximum absolute atomic E-state index is 12.0. The minimum Gasteiger partial charge on any atom is -0.301 e. The number of thiazole rings is 1. The van der Waals surface area contributed by atoms with Crippen LogP contribution in [-0.2, 0) is 4.79 Å². The fourth-order valence-corrected chi connectivity index (χ4v) is 3.53. The van der Waals surface area contributed by atoms with Gasteiger partial charge in [-0.1, -0.05) is 23.9 Å². The Labute approximate surface area is 147 Å². The smallest absolute Gasteiger partial charge is 0.236 e. The summed E-state index contributed by atoms with van der Waals surface area (Å²) in [6, 6.07) is 7.98. The Hall–Kier alpha value is -2.43. The molecule has 0 atom stereocenters. The molecule has 1 N–H and O–H groups in total. The highest BCUT2D eigenvalue weighted by atomic mass is 32.2. The first-order valence-electron chi connectivity index (χ1n) is 7.21. The summed E-state index contributed by atoms with van der Waals surface area (Å²) >= 11 is 2.63. The Morgan fingerprint density at radius 2 is 2.25 bits per heavy atom. The average molecular weight is 354 g/mol. The van der Waals surface area contributed by atoms with E-state index in [9.17, 15) is 10.1 Å². The van der Waals surface area contributed by atoms with E-state index in [1.54, 1.807) is 11.6 Å². The van der Waals surface area contributed by atoms with E-state index in [1.807, 2.05) is 32.0 Å². The minimum atomic E-state index is -0.165. The zero-order valence-corrected chi connectivity index (χ0v) is 14.8. The van der Waals surface area contributed by atoms with E-state index < -0.39 is 0 Å². The quantitative estimate of drug-likeness (QED) is 0.719. The normalized spacial score (nSPS) is 10.5. The molecule has 120 valence electrons. The van der Waals surface area contributed by atoms with Crippen LogP contribution in [0.3, 0.4) is 0 Å². The lowest BCUT2D eigenvalue weighted by atomic mass is 10.0. The van der Waals surface area contributed by atoms with Gasteiger partial charge in [0.1, 0.15) is 11.1 Å². The average Bonchev–Trinajstić information content (AvgIpc) is 3.08. The number of amides is 1. The number of nitrogens with zero attached hydrogens (tertiary/aromatic N) is 3. The van der Waals surface area contributed by atoms with Gasteiger partial charge in [0.2, 0.25) is 5.91 Å². The van der Waals surface area contributed by atoms with Crippen molar-refractivity contribution in [1.82, 2.24) is 9.97 Å². The molecule has 0 unspecified atom stereocenters. The van der Waals surface area contributed by atoms with Crippen LogP contribution < -0.4 is 5.32 Å². The lowest BCUT2D eigenvalue weighted by Crippen LogP contribution is -2.14. The van der Waals surface area contributed by atoms with Gasteiger partial charge in [0, 0.05) is 17.0 Å². The van der Waals surface area contributed by atoms with E-state index in [2.05, 4.69) is 21.4 Å². The highest BCUT2D eigenvalue weighted by Crippen LogP contribution is 2.27. The second-order valence-corrected chi connectivity index (χ2v) is 7.06. The zero-order chi connectivity index (χ0) is 17.1. The predicted octanol–water partition coefficient (Wildman–Crippen LogP) is 3.91. The molecule has 0 bridgehead atoms. The predicted molar refractivity (Wildman–Crippen MR) is 97.4 cm³/mol. The molecule has 0 spiro atoms. The topological polar surface area (TPSA) is 78.7 Å². The molecule has 0 aliphatic carbocycles. The highest BCUT2D eigenvalue weighted by Gasteiger charge is 2.12. The van der Waals surface area contributed by atoms with Crippen molar-refractivity contribution >= 4 is 45.0 Å². The Morgan fingerprint density at radius 1 is 1.42 bits per heavy atom. The third-order valence-corrected chi connectivity index (χ3v) is 5.30. The van der Waals surface area contributed by atoms with Crippen LogP contribution in [-0.4, -0.2) is 21.6 Å². The SMILES string of the molecule is Cc1ccc2cc(C#N)c(SCC(=O)Nc3nccs3)nc2c1C. The number of carbonyl (C=O) groups is 1. The number of thioether (sulfide) groups is 1. The van der Waals surface area contributed by atoms with E-state index >= 15 is 0 Å². The van der Waals surface area contributed by atoms with Crippen molar-refractivity contribution in [3.63, 3.8) is 0 Å². The molecule has 3 rings (SSSR count). The Kier molecular flexibility index (Phi) is 4.79. The molecule has 0 radical (unpaired) electrons. The number of aryl methyl sites for hydroxylation is 2. The standard InChI is InChI=1S/C17H14N4OS2/c1-10-3-4-12-7-13(8-18)16(21-15(12)11(10)2)24-9-14(22)20-17-19-5-6-23-17/h3-7H,9H2,1-2H3,(H,19,20,22). The molecule has 0 saturated carbocycles. The summed E-state index contributed by atoms with van der Waals surface area (Å²) in [5.41, 5.74) is 3.60. The number of fused-ring (bicyclic) bond motifs is 1. The minimum absolute atomic E-state index is 0.165. The van der Waals surface area contributed by atoms with Gasteiger partial charge in [0.25, 0.3) is 0 Å². The number of rotatable bonds is 4. The summed E-state index contributed by atoms with van der Waals surface area (Å²) in [6.45, 7) is 4.04. The fourth-order valence-electron chi connectivity index (χ4n) is 2.23. The van der Waals surface area contributed by atoms with E-state index in [1.165, 1.54) is 23.1 Å². The summed E-state index contributed by atoms with van der Waals surface area (Å²) in [5.74, 6) is 0.0131. The van der Waals surface area contributed by atoms with Gasteiger partial charge in [-0.05, 0) is 31.0 Å². The molecule has 0 saturated heterocycles. The number of anilines is 1. The number of nitrogens with one attached hydrogen (secondary N) is 1. The van der Waals surface area contributed by atoms with Gasteiger partial charge in [0.15, 0.2) is 5.13 Å². The number of carbonyl (C=O) groups excluding carboxylic acids is 1. The number of aromatic nitrogens is 2. The van der Waals surface area contributed by atoms with E-state index in [0.717, 1.165) is 22.0 Å². The Morgan fingerprint density at radius 3 is 2.96 bits per heavy atom. The van der Waals surface area contributed by atoms with Crippen LogP contribution in [0.15, 0.2) is 34.8 Å². The fraction of sp³-hybridized carbons (Fsp3) is 0.176. The number of hydrogen-bond donors (Lipinski definition) is 1. The molecular formula is C17H14N4OS2. The van der Waals surface area contributed by atoms with Crippen molar-refractivity contribution in [3.8, 4) is 6.07 Å². The molecule has 1 aromatic carbocycles. The number of hydrogen-bond acceptors (Lipinski definition) is 6. The van der Waals surface area contributed by atoms with Crippen LogP contribution in [0.5, 0.6) is 0 Å². The van der Waals surface area contributed by atoms with E-state index in [0.29, 0.717) is 15.7 Å². The summed E-state index contributed by atoms with van der Waals surface area (Å²) in [6.07, 6.45) is 1.64. The second-order valence-electron chi connectivity index (χ2n) is 5.21. The highest BCUT2D eigenvalue weighted by molar-refractivity contribution is 8.00. The molecule has 2 aromatic heterocycles. The van der Waals surface area contributed by atoms with Crippen molar-refractivity contribution in [2.45, 2.75) is 18.9 Å². The number of pyridine rings is 1. The number of nitriles is 1. The molecule has 1 amide bonds. The molecule has 3 aromatic rings. The largest absolute Gasteiger partial charge is 0.301 e. The summed E-state index contributed by atoms with van der Waals surface area (Å²) < 4.78 is 0. The molecular weight excluding hydrogens is 340 g/mol. The molecule has 0 aliphatic heterocycles.